The number of benzene rings is 3. The van der Waals surface area contributed by atoms with Crippen LogP contribution in [-0.4, -0.2) is 44.0 Å². The number of aryl methyl sites for hydroxylation is 1. The van der Waals surface area contributed by atoms with Crippen LogP contribution in [0.1, 0.15) is 29.8 Å². The number of hydrogen-bond acceptors (Lipinski definition) is 5. The van der Waals surface area contributed by atoms with E-state index in [1.807, 2.05) is 30.3 Å². The number of carbonyl (C=O) groups is 1. The largest absolute Gasteiger partial charge is 0.486 e. The summed E-state index contributed by atoms with van der Waals surface area (Å²) in [6.45, 7) is 6.06. The second kappa shape index (κ2) is 9.36. The van der Waals surface area contributed by atoms with Gasteiger partial charge in [0.1, 0.15) is 11.9 Å². The predicted octanol–water partition coefficient (Wildman–Crippen LogP) is 4.32. The van der Waals surface area contributed by atoms with Crippen molar-refractivity contribution in [2.45, 2.75) is 37.9 Å². The lowest BCUT2D eigenvalue weighted by atomic mass is 10.1. The SMILES string of the molecule is CCn1c2ccc(OC3COC3)cc2c2cc(C(=O)NCc3ccc(S(=O)(=O)CC)cc3)ccc21. The number of sulfone groups is 1. The highest BCUT2D eigenvalue weighted by Crippen LogP contribution is 2.33. The van der Waals surface area contributed by atoms with Crippen LogP contribution in [0, 0.1) is 0 Å². The van der Waals surface area contributed by atoms with Crippen LogP contribution < -0.4 is 10.1 Å². The van der Waals surface area contributed by atoms with E-state index in [1.165, 1.54) is 0 Å². The lowest BCUT2D eigenvalue weighted by molar-refractivity contribution is -0.0796. The predicted molar refractivity (Wildman–Crippen MR) is 136 cm³/mol. The quantitative estimate of drug-likeness (QED) is 0.396. The highest BCUT2D eigenvalue weighted by atomic mass is 32.2. The number of nitrogens with zero attached hydrogens (tertiary/aromatic N) is 1. The summed E-state index contributed by atoms with van der Waals surface area (Å²) >= 11 is 0. The van der Waals surface area contributed by atoms with E-state index in [0.717, 1.165) is 39.7 Å². The summed E-state index contributed by atoms with van der Waals surface area (Å²) in [5, 5.41) is 4.98. The maximum absolute atomic E-state index is 13.0. The van der Waals surface area contributed by atoms with E-state index in [9.17, 15) is 13.2 Å². The fourth-order valence-electron chi connectivity index (χ4n) is 4.38. The monoisotopic (exact) mass is 492 g/mol. The minimum atomic E-state index is -3.24. The minimum absolute atomic E-state index is 0.0581. The van der Waals surface area contributed by atoms with Gasteiger partial charge in [0.15, 0.2) is 9.84 Å². The number of hydrogen-bond donors (Lipinski definition) is 1. The van der Waals surface area contributed by atoms with Crippen molar-refractivity contribution in [3.8, 4) is 5.75 Å². The molecular weight excluding hydrogens is 464 g/mol. The third kappa shape index (κ3) is 4.51. The molecule has 1 N–H and O–H groups in total. The van der Waals surface area contributed by atoms with Gasteiger partial charge in [-0.3, -0.25) is 4.79 Å². The third-order valence-corrected chi connectivity index (χ3v) is 8.19. The van der Waals surface area contributed by atoms with Gasteiger partial charge in [-0.25, -0.2) is 8.42 Å². The number of fused-ring (bicyclic) bond motifs is 3. The molecule has 1 aliphatic heterocycles. The summed E-state index contributed by atoms with van der Waals surface area (Å²) in [5.41, 5.74) is 3.56. The average molecular weight is 493 g/mol. The summed E-state index contributed by atoms with van der Waals surface area (Å²) in [5.74, 6) is 0.667. The number of carbonyl (C=O) groups excluding carboxylic acids is 1. The molecule has 3 aromatic carbocycles. The van der Waals surface area contributed by atoms with Crippen LogP contribution in [0.4, 0.5) is 0 Å². The van der Waals surface area contributed by atoms with Crippen molar-refractivity contribution in [2.24, 2.45) is 0 Å². The van der Waals surface area contributed by atoms with Crippen LogP contribution in [0.5, 0.6) is 5.75 Å². The van der Waals surface area contributed by atoms with Gasteiger partial charge in [0.25, 0.3) is 5.91 Å². The first-order chi connectivity index (χ1) is 16.9. The van der Waals surface area contributed by atoms with Crippen LogP contribution >= 0.6 is 0 Å². The summed E-state index contributed by atoms with van der Waals surface area (Å²) < 4.78 is 37.4. The minimum Gasteiger partial charge on any atom is -0.486 e. The Morgan fingerprint density at radius 3 is 2.31 bits per heavy atom. The number of aromatic nitrogens is 1. The number of ether oxygens (including phenoxy) is 2. The number of rotatable bonds is 8. The maximum Gasteiger partial charge on any atom is 0.251 e. The second-order valence-corrected chi connectivity index (χ2v) is 10.9. The van der Waals surface area contributed by atoms with Gasteiger partial charge in [-0.05, 0) is 61.0 Å². The van der Waals surface area contributed by atoms with Gasteiger partial charge in [0.05, 0.1) is 23.9 Å². The molecule has 0 radical (unpaired) electrons. The van der Waals surface area contributed by atoms with E-state index in [0.29, 0.717) is 30.2 Å². The molecule has 0 aliphatic carbocycles. The van der Waals surface area contributed by atoms with Gasteiger partial charge in [-0.1, -0.05) is 19.1 Å². The lowest BCUT2D eigenvalue weighted by Gasteiger charge is -2.26. The first kappa shape index (κ1) is 23.4. The lowest BCUT2D eigenvalue weighted by Crippen LogP contribution is -2.38. The zero-order chi connectivity index (χ0) is 24.6. The average Bonchev–Trinajstić information content (AvgIpc) is 3.17. The number of amides is 1. The maximum atomic E-state index is 13.0. The molecule has 0 atom stereocenters. The van der Waals surface area contributed by atoms with E-state index < -0.39 is 9.84 Å². The summed E-state index contributed by atoms with van der Waals surface area (Å²) in [7, 11) is -3.24. The van der Waals surface area contributed by atoms with Gasteiger partial charge in [-0.15, -0.1) is 0 Å². The molecule has 4 aromatic rings. The second-order valence-electron chi connectivity index (χ2n) is 8.66. The highest BCUT2D eigenvalue weighted by Gasteiger charge is 2.21. The molecule has 0 spiro atoms. The van der Waals surface area contributed by atoms with Crippen molar-refractivity contribution in [1.29, 1.82) is 0 Å². The van der Waals surface area contributed by atoms with Crippen molar-refractivity contribution < 1.29 is 22.7 Å². The Bertz CT molecular complexity index is 1500. The molecule has 7 nitrogen and oxygen atoms in total. The van der Waals surface area contributed by atoms with E-state index in [1.54, 1.807) is 31.2 Å². The van der Waals surface area contributed by atoms with Gasteiger partial charge in [-0.2, -0.15) is 0 Å². The van der Waals surface area contributed by atoms with Crippen LogP contribution in [-0.2, 0) is 27.7 Å². The van der Waals surface area contributed by atoms with Crippen molar-refractivity contribution >= 4 is 37.6 Å². The molecule has 5 rings (SSSR count). The molecule has 1 fully saturated rings. The molecule has 1 amide bonds. The highest BCUT2D eigenvalue weighted by molar-refractivity contribution is 7.91. The fraction of sp³-hybridized carbons (Fsp3) is 0.296. The molecule has 182 valence electrons. The molecule has 8 heteroatoms. The zero-order valence-electron chi connectivity index (χ0n) is 19.8. The molecule has 0 saturated carbocycles. The first-order valence-electron chi connectivity index (χ1n) is 11.8. The Kier molecular flexibility index (Phi) is 6.25. The topological polar surface area (TPSA) is 86.6 Å². The molecule has 35 heavy (non-hydrogen) atoms. The normalized spacial score (nSPS) is 14.2. The Morgan fingerprint density at radius 1 is 1.00 bits per heavy atom. The van der Waals surface area contributed by atoms with Crippen LogP contribution in [0.25, 0.3) is 21.8 Å². The molecule has 2 heterocycles. The summed E-state index contributed by atoms with van der Waals surface area (Å²) in [6.07, 6.45) is 0.0875. The van der Waals surface area contributed by atoms with Crippen molar-refractivity contribution in [3.05, 3.63) is 71.8 Å². The summed E-state index contributed by atoms with van der Waals surface area (Å²) in [4.78, 5) is 13.2. The van der Waals surface area contributed by atoms with Crippen LogP contribution in [0.2, 0.25) is 0 Å². The van der Waals surface area contributed by atoms with E-state index in [-0.39, 0.29) is 17.8 Å². The molecule has 1 saturated heterocycles. The van der Waals surface area contributed by atoms with Crippen molar-refractivity contribution in [3.63, 3.8) is 0 Å². The molecule has 1 aromatic heterocycles. The molecule has 0 bridgehead atoms. The van der Waals surface area contributed by atoms with Gasteiger partial charge >= 0.3 is 0 Å². The van der Waals surface area contributed by atoms with Gasteiger partial charge < -0.3 is 19.4 Å². The van der Waals surface area contributed by atoms with Gasteiger partial charge in [0, 0.05) is 40.5 Å². The molecule has 0 unspecified atom stereocenters. The Balaban J connectivity index is 1.39. The van der Waals surface area contributed by atoms with Crippen LogP contribution in [0.15, 0.2) is 65.6 Å². The first-order valence-corrected chi connectivity index (χ1v) is 13.4. The Hall–Kier alpha value is -3.36. The smallest absolute Gasteiger partial charge is 0.251 e. The number of nitrogens with one attached hydrogen (secondary N) is 1. The van der Waals surface area contributed by atoms with Crippen molar-refractivity contribution in [2.75, 3.05) is 19.0 Å². The Morgan fingerprint density at radius 2 is 1.69 bits per heavy atom. The molecular formula is C27H28N2O5S. The Labute approximate surface area is 204 Å². The zero-order valence-corrected chi connectivity index (χ0v) is 20.6. The van der Waals surface area contributed by atoms with E-state index >= 15 is 0 Å². The van der Waals surface area contributed by atoms with E-state index in [2.05, 4.69) is 22.9 Å². The van der Waals surface area contributed by atoms with E-state index in [4.69, 9.17) is 9.47 Å². The fourth-order valence-corrected chi connectivity index (χ4v) is 5.26. The van der Waals surface area contributed by atoms with Gasteiger partial charge in [0.2, 0.25) is 0 Å². The van der Waals surface area contributed by atoms with Crippen molar-refractivity contribution in [1.82, 2.24) is 9.88 Å². The van der Waals surface area contributed by atoms with Crippen LogP contribution in [0.3, 0.4) is 0 Å². The third-order valence-electron chi connectivity index (χ3n) is 6.44. The standard InChI is InChI=1S/C27H28N2O5S/c1-3-29-25-11-7-19(27(30)28-15-18-5-9-22(10-6-18)35(31,32)4-2)13-23(25)24-14-20(8-12-26(24)29)34-21-16-33-17-21/h5-14,21H,3-4,15-17H2,1-2H3,(H,28,30). The molecule has 1 aliphatic rings. The summed E-state index contributed by atoms with van der Waals surface area (Å²) in [6, 6.07) is 18.5.